The number of aliphatic imine (C=N–C) groups is 1. The molecule has 3 N–H and O–H groups in total. The Bertz CT molecular complexity index is 1280. The van der Waals surface area contributed by atoms with Crippen LogP contribution < -0.4 is 16.0 Å². The summed E-state index contributed by atoms with van der Waals surface area (Å²) in [4.78, 5) is 27.0. The standard InChI is InChI=1S/C30H37N7O/c1-36(2)14-4-11-32-29-10-8-25(20-33-29)27-18-23-7-9-26(19-28(23)35-27)34-30(38)24-6-3-5-22(17-24)21-37-15-12-31-13-16-37/h3,5-10,17,19-20,31H,4,11-16,18,21H2,1-2H3,(H,32,33)(H,34,38). The van der Waals surface area contributed by atoms with Crippen LogP contribution >= 0.6 is 0 Å². The first-order valence-corrected chi connectivity index (χ1v) is 13.4. The summed E-state index contributed by atoms with van der Waals surface area (Å²) in [5.74, 6) is 0.776. The summed E-state index contributed by atoms with van der Waals surface area (Å²) >= 11 is 0. The van der Waals surface area contributed by atoms with Gasteiger partial charge < -0.3 is 20.9 Å². The molecule has 2 aromatic carbocycles. The van der Waals surface area contributed by atoms with Crippen LogP contribution in [0.1, 0.15) is 33.5 Å². The van der Waals surface area contributed by atoms with Gasteiger partial charge in [0.1, 0.15) is 5.82 Å². The summed E-state index contributed by atoms with van der Waals surface area (Å²) in [6, 6.07) is 18.0. The van der Waals surface area contributed by atoms with E-state index in [1.807, 2.05) is 42.6 Å². The highest BCUT2D eigenvalue weighted by molar-refractivity contribution is 6.08. The molecule has 38 heavy (non-hydrogen) atoms. The Balaban J connectivity index is 1.19. The number of aromatic nitrogens is 1. The van der Waals surface area contributed by atoms with E-state index in [2.05, 4.69) is 63.0 Å². The van der Waals surface area contributed by atoms with Gasteiger partial charge in [-0.3, -0.25) is 14.7 Å². The Labute approximate surface area is 225 Å². The van der Waals surface area contributed by atoms with Crippen molar-refractivity contribution in [2.75, 3.05) is 64.0 Å². The Morgan fingerprint density at radius 3 is 2.74 bits per heavy atom. The number of nitrogens with one attached hydrogen (secondary N) is 3. The van der Waals surface area contributed by atoms with Gasteiger partial charge in [-0.25, -0.2) is 4.98 Å². The molecular formula is C30H37N7O. The first kappa shape index (κ1) is 26.0. The fourth-order valence-electron chi connectivity index (χ4n) is 4.85. The fourth-order valence-corrected chi connectivity index (χ4v) is 4.85. The molecule has 0 saturated carbocycles. The van der Waals surface area contributed by atoms with Crippen LogP contribution in [-0.4, -0.2) is 79.8 Å². The Morgan fingerprint density at radius 1 is 1.08 bits per heavy atom. The van der Waals surface area contributed by atoms with Crippen molar-refractivity contribution in [2.45, 2.75) is 19.4 Å². The Kier molecular flexibility index (Phi) is 8.43. The summed E-state index contributed by atoms with van der Waals surface area (Å²) in [6.07, 6.45) is 3.71. The lowest BCUT2D eigenvalue weighted by Crippen LogP contribution is -2.42. The maximum atomic E-state index is 13.0. The van der Waals surface area contributed by atoms with E-state index in [0.717, 1.165) is 98.2 Å². The van der Waals surface area contributed by atoms with E-state index in [9.17, 15) is 4.79 Å². The van der Waals surface area contributed by atoms with Crippen LogP contribution in [0, 0.1) is 0 Å². The zero-order chi connectivity index (χ0) is 26.3. The molecule has 5 rings (SSSR count). The van der Waals surface area contributed by atoms with Crippen molar-refractivity contribution in [1.29, 1.82) is 0 Å². The van der Waals surface area contributed by atoms with Crippen molar-refractivity contribution >= 4 is 28.8 Å². The number of fused-ring (bicyclic) bond motifs is 1. The summed E-state index contributed by atoms with van der Waals surface area (Å²) < 4.78 is 0. The van der Waals surface area contributed by atoms with Gasteiger partial charge in [0.25, 0.3) is 5.91 Å². The fraction of sp³-hybridized carbons (Fsp3) is 0.367. The van der Waals surface area contributed by atoms with Crippen molar-refractivity contribution in [3.05, 3.63) is 83.0 Å². The van der Waals surface area contributed by atoms with Gasteiger partial charge in [0.2, 0.25) is 0 Å². The average molecular weight is 512 g/mol. The van der Waals surface area contributed by atoms with E-state index in [4.69, 9.17) is 4.99 Å². The van der Waals surface area contributed by atoms with E-state index in [-0.39, 0.29) is 5.91 Å². The van der Waals surface area contributed by atoms with Gasteiger partial charge >= 0.3 is 0 Å². The Hall–Kier alpha value is -3.59. The molecule has 2 aliphatic heterocycles. The summed E-state index contributed by atoms with van der Waals surface area (Å²) in [7, 11) is 4.16. The molecule has 3 heterocycles. The number of hydrogen-bond donors (Lipinski definition) is 3. The van der Waals surface area contributed by atoms with E-state index < -0.39 is 0 Å². The van der Waals surface area contributed by atoms with Gasteiger partial charge in [0.05, 0.1) is 11.4 Å². The number of amides is 1. The van der Waals surface area contributed by atoms with Crippen LogP contribution in [0.3, 0.4) is 0 Å². The minimum atomic E-state index is -0.104. The SMILES string of the molecule is CN(C)CCCNc1ccc(C2=Nc3cc(NC(=O)c4cccc(CN5CCNCC5)c4)ccc3C2)cn1. The number of nitrogens with zero attached hydrogens (tertiary/aromatic N) is 4. The molecule has 0 unspecified atom stereocenters. The predicted octanol–water partition coefficient (Wildman–Crippen LogP) is 3.78. The van der Waals surface area contributed by atoms with Crippen LogP contribution in [0.25, 0.3) is 0 Å². The van der Waals surface area contributed by atoms with Gasteiger partial charge in [0.15, 0.2) is 0 Å². The van der Waals surface area contributed by atoms with Crippen LogP contribution in [0.4, 0.5) is 17.2 Å². The summed E-state index contributed by atoms with van der Waals surface area (Å²) in [6.45, 7) is 6.89. The highest BCUT2D eigenvalue weighted by Crippen LogP contribution is 2.31. The van der Waals surface area contributed by atoms with Crippen molar-refractivity contribution in [3.8, 4) is 0 Å². The molecule has 8 heteroatoms. The summed E-state index contributed by atoms with van der Waals surface area (Å²) in [5, 5.41) is 9.81. The van der Waals surface area contributed by atoms with Gasteiger partial charge in [-0.15, -0.1) is 0 Å². The predicted molar refractivity (Wildman–Crippen MR) is 155 cm³/mol. The quantitative estimate of drug-likeness (QED) is 0.359. The lowest BCUT2D eigenvalue weighted by Gasteiger charge is -2.27. The average Bonchev–Trinajstić information content (AvgIpc) is 3.36. The van der Waals surface area contributed by atoms with E-state index in [0.29, 0.717) is 5.56 Å². The monoisotopic (exact) mass is 511 g/mol. The number of piperazine rings is 1. The van der Waals surface area contributed by atoms with Crippen molar-refractivity contribution < 1.29 is 4.79 Å². The van der Waals surface area contributed by atoms with Gasteiger partial charge in [-0.1, -0.05) is 18.2 Å². The van der Waals surface area contributed by atoms with Crippen LogP contribution in [0.5, 0.6) is 0 Å². The largest absolute Gasteiger partial charge is 0.370 e. The molecule has 8 nitrogen and oxygen atoms in total. The van der Waals surface area contributed by atoms with E-state index in [1.54, 1.807) is 0 Å². The molecule has 0 aliphatic carbocycles. The number of anilines is 2. The topological polar surface area (TPSA) is 84.9 Å². The number of carbonyl (C=O) groups excluding carboxylic acids is 1. The highest BCUT2D eigenvalue weighted by Gasteiger charge is 2.18. The molecular weight excluding hydrogens is 474 g/mol. The van der Waals surface area contributed by atoms with Gasteiger partial charge in [-0.2, -0.15) is 0 Å². The first-order valence-electron chi connectivity index (χ1n) is 13.4. The number of pyridine rings is 1. The highest BCUT2D eigenvalue weighted by atomic mass is 16.1. The molecule has 0 spiro atoms. The van der Waals surface area contributed by atoms with E-state index >= 15 is 0 Å². The smallest absolute Gasteiger partial charge is 0.255 e. The third-order valence-electron chi connectivity index (χ3n) is 6.95. The molecule has 0 bridgehead atoms. The van der Waals surface area contributed by atoms with Crippen LogP contribution in [0.15, 0.2) is 65.8 Å². The number of carbonyl (C=O) groups is 1. The lowest BCUT2D eigenvalue weighted by molar-refractivity contribution is 0.102. The van der Waals surface area contributed by atoms with Crippen LogP contribution in [-0.2, 0) is 13.0 Å². The molecule has 3 aromatic rings. The molecule has 1 fully saturated rings. The molecule has 198 valence electrons. The van der Waals surface area contributed by atoms with Crippen molar-refractivity contribution in [3.63, 3.8) is 0 Å². The maximum absolute atomic E-state index is 13.0. The lowest BCUT2D eigenvalue weighted by atomic mass is 10.1. The molecule has 0 radical (unpaired) electrons. The maximum Gasteiger partial charge on any atom is 0.255 e. The minimum absolute atomic E-state index is 0.104. The first-order chi connectivity index (χ1) is 18.5. The van der Waals surface area contributed by atoms with E-state index in [1.165, 1.54) is 0 Å². The zero-order valence-electron chi connectivity index (χ0n) is 22.3. The number of hydrogen-bond acceptors (Lipinski definition) is 7. The molecule has 1 aromatic heterocycles. The third-order valence-corrected chi connectivity index (χ3v) is 6.95. The molecule has 2 aliphatic rings. The molecule has 0 atom stereocenters. The van der Waals surface area contributed by atoms with Gasteiger partial charge in [-0.05, 0) is 74.6 Å². The second-order valence-electron chi connectivity index (χ2n) is 10.3. The normalized spacial score (nSPS) is 15.3. The zero-order valence-corrected chi connectivity index (χ0v) is 22.3. The second-order valence-corrected chi connectivity index (χ2v) is 10.3. The molecule has 1 saturated heterocycles. The minimum Gasteiger partial charge on any atom is -0.370 e. The second kappa shape index (κ2) is 12.3. The number of benzene rings is 2. The van der Waals surface area contributed by atoms with Gasteiger partial charge in [0, 0.05) is 68.7 Å². The number of rotatable bonds is 10. The summed E-state index contributed by atoms with van der Waals surface area (Å²) in [5.41, 5.74) is 6.65. The van der Waals surface area contributed by atoms with Crippen LogP contribution in [0.2, 0.25) is 0 Å². The van der Waals surface area contributed by atoms with Crippen molar-refractivity contribution in [2.24, 2.45) is 4.99 Å². The molecule has 1 amide bonds. The third kappa shape index (κ3) is 6.83. The Morgan fingerprint density at radius 2 is 1.95 bits per heavy atom. The van der Waals surface area contributed by atoms with Crippen molar-refractivity contribution in [1.82, 2.24) is 20.1 Å².